The molecule has 130 valence electrons. The molecule has 8 heteroatoms. The second-order valence-corrected chi connectivity index (χ2v) is 8.10. The molecule has 0 unspecified atom stereocenters. The zero-order chi connectivity index (χ0) is 17.6. The van der Waals surface area contributed by atoms with E-state index in [-0.39, 0.29) is 30.9 Å². The molecule has 0 spiro atoms. The minimum atomic E-state index is -1.06. The summed E-state index contributed by atoms with van der Waals surface area (Å²) in [6.07, 6.45) is 0. The summed E-state index contributed by atoms with van der Waals surface area (Å²) in [5, 5.41) is 9.80. The van der Waals surface area contributed by atoms with Crippen molar-refractivity contribution in [2.24, 2.45) is 11.3 Å². The SMILES string of the molecule is Cc1ccc(C(=O)N2C[C@@H]3CN(C(=O)N(C)C)C[C@]3(C(=O)O)C2)s1. The third kappa shape index (κ3) is 2.54. The van der Waals surface area contributed by atoms with Crippen LogP contribution in [0.3, 0.4) is 0 Å². The highest BCUT2D eigenvalue weighted by Gasteiger charge is 2.59. The van der Waals surface area contributed by atoms with Gasteiger partial charge in [-0.15, -0.1) is 11.3 Å². The number of likely N-dealkylation sites (tertiary alicyclic amines) is 2. The van der Waals surface area contributed by atoms with Gasteiger partial charge < -0.3 is 19.8 Å². The number of hydrogen-bond donors (Lipinski definition) is 1. The third-order valence-electron chi connectivity index (χ3n) is 4.93. The lowest BCUT2D eigenvalue weighted by Gasteiger charge is -2.26. The molecule has 1 N–H and O–H groups in total. The minimum absolute atomic E-state index is 0.117. The predicted octanol–water partition coefficient (Wildman–Crippen LogP) is 1.20. The van der Waals surface area contributed by atoms with E-state index in [1.54, 1.807) is 30.0 Å². The molecule has 2 fully saturated rings. The van der Waals surface area contributed by atoms with Crippen LogP contribution in [-0.2, 0) is 4.79 Å². The molecule has 7 nitrogen and oxygen atoms in total. The van der Waals surface area contributed by atoms with E-state index in [2.05, 4.69) is 0 Å². The van der Waals surface area contributed by atoms with Crippen molar-refractivity contribution in [2.75, 3.05) is 40.3 Å². The Morgan fingerprint density at radius 2 is 1.83 bits per heavy atom. The number of fused-ring (bicyclic) bond motifs is 1. The van der Waals surface area contributed by atoms with Crippen molar-refractivity contribution in [3.8, 4) is 0 Å². The zero-order valence-corrected chi connectivity index (χ0v) is 14.8. The van der Waals surface area contributed by atoms with Gasteiger partial charge in [0.25, 0.3) is 5.91 Å². The summed E-state index contributed by atoms with van der Waals surface area (Å²) in [6, 6.07) is 3.49. The molecular weight excluding hydrogens is 330 g/mol. The molecule has 24 heavy (non-hydrogen) atoms. The van der Waals surface area contributed by atoms with Gasteiger partial charge in [-0.25, -0.2) is 4.79 Å². The zero-order valence-electron chi connectivity index (χ0n) is 14.0. The molecule has 3 rings (SSSR count). The highest BCUT2D eigenvalue weighted by molar-refractivity contribution is 7.13. The largest absolute Gasteiger partial charge is 0.481 e. The van der Waals surface area contributed by atoms with Crippen LogP contribution in [0.4, 0.5) is 4.79 Å². The van der Waals surface area contributed by atoms with E-state index >= 15 is 0 Å². The second kappa shape index (κ2) is 5.77. The van der Waals surface area contributed by atoms with Crippen molar-refractivity contribution in [3.05, 3.63) is 21.9 Å². The molecule has 0 radical (unpaired) electrons. The molecule has 1 aromatic rings. The topological polar surface area (TPSA) is 81.2 Å². The fourth-order valence-corrected chi connectivity index (χ4v) is 4.49. The Kier molecular flexibility index (Phi) is 4.03. The Morgan fingerprint density at radius 3 is 2.33 bits per heavy atom. The van der Waals surface area contributed by atoms with E-state index in [1.807, 2.05) is 13.0 Å². The van der Waals surface area contributed by atoms with Gasteiger partial charge in [-0.05, 0) is 19.1 Å². The Bertz CT molecular complexity index is 701. The Morgan fingerprint density at radius 1 is 1.21 bits per heavy atom. The Labute approximate surface area is 144 Å². The van der Waals surface area contributed by atoms with Gasteiger partial charge in [0.15, 0.2) is 0 Å². The van der Waals surface area contributed by atoms with E-state index < -0.39 is 11.4 Å². The van der Waals surface area contributed by atoms with Crippen molar-refractivity contribution >= 4 is 29.2 Å². The number of carbonyl (C=O) groups is 3. The van der Waals surface area contributed by atoms with Crippen LogP contribution >= 0.6 is 11.3 Å². The summed E-state index contributed by atoms with van der Waals surface area (Å²) in [7, 11) is 3.30. The lowest BCUT2D eigenvalue weighted by Crippen LogP contribution is -2.45. The quantitative estimate of drug-likeness (QED) is 0.868. The number of carbonyl (C=O) groups excluding carboxylic acids is 2. The smallest absolute Gasteiger partial charge is 0.319 e. The van der Waals surface area contributed by atoms with Crippen LogP contribution in [0.1, 0.15) is 14.5 Å². The van der Waals surface area contributed by atoms with Crippen molar-refractivity contribution < 1.29 is 19.5 Å². The molecule has 3 amide bonds. The van der Waals surface area contributed by atoms with Crippen molar-refractivity contribution in [2.45, 2.75) is 6.92 Å². The number of carboxylic acids is 1. The van der Waals surface area contributed by atoms with Crippen LogP contribution in [0.25, 0.3) is 0 Å². The molecule has 0 aliphatic carbocycles. The van der Waals surface area contributed by atoms with E-state index in [0.717, 1.165) is 4.88 Å². The number of urea groups is 1. The van der Waals surface area contributed by atoms with E-state index in [9.17, 15) is 19.5 Å². The van der Waals surface area contributed by atoms with E-state index in [1.165, 1.54) is 16.2 Å². The van der Waals surface area contributed by atoms with Crippen molar-refractivity contribution in [1.29, 1.82) is 0 Å². The molecule has 2 aliphatic heterocycles. The second-order valence-electron chi connectivity index (χ2n) is 6.81. The van der Waals surface area contributed by atoms with E-state index in [4.69, 9.17) is 0 Å². The molecular formula is C16H21N3O4S. The van der Waals surface area contributed by atoms with Crippen LogP contribution in [0.15, 0.2) is 12.1 Å². The fourth-order valence-electron chi connectivity index (χ4n) is 3.66. The lowest BCUT2D eigenvalue weighted by atomic mass is 9.81. The van der Waals surface area contributed by atoms with E-state index in [0.29, 0.717) is 18.0 Å². The molecule has 2 aliphatic rings. The number of hydrogen-bond acceptors (Lipinski definition) is 4. The Balaban J connectivity index is 1.80. The average Bonchev–Trinajstić information content (AvgIpc) is 3.17. The molecule has 0 saturated carbocycles. The van der Waals surface area contributed by atoms with Gasteiger partial charge >= 0.3 is 12.0 Å². The number of thiophene rings is 1. The standard InChI is InChI=1S/C16H21N3O4S/c1-10-4-5-12(24-10)13(20)18-6-11-7-19(15(23)17(2)3)9-16(11,8-18)14(21)22/h4-5,11H,6-9H2,1-3H3,(H,21,22)/t11-,16-/m1/s1. The third-order valence-corrected chi connectivity index (χ3v) is 5.92. The summed E-state index contributed by atoms with van der Waals surface area (Å²) in [5.41, 5.74) is -1.06. The fraction of sp³-hybridized carbons (Fsp3) is 0.562. The first kappa shape index (κ1) is 16.8. The monoisotopic (exact) mass is 351 g/mol. The molecule has 0 aromatic carbocycles. The van der Waals surface area contributed by atoms with Gasteiger partial charge in [-0.1, -0.05) is 0 Å². The summed E-state index contributed by atoms with van der Waals surface area (Å²) in [6.45, 7) is 2.98. The maximum Gasteiger partial charge on any atom is 0.319 e. The number of aliphatic carboxylic acids is 1. The highest BCUT2D eigenvalue weighted by atomic mass is 32.1. The first-order valence-electron chi connectivity index (χ1n) is 7.80. The Hall–Kier alpha value is -2.09. The van der Waals surface area contributed by atoms with Gasteiger partial charge in [-0.3, -0.25) is 9.59 Å². The number of nitrogens with zero attached hydrogens (tertiary/aromatic N) is 3. The van der Waals surface area contributed by atoms with Crippen LogP contribution in [0.5, 0.6) is 0 Å². The minimum Gasteiger partial charge on any atom is -0.481 e. The summed E-state index contributed by atoms with van der Waals surface area (Å²) < 4.78 is 0. The van der Waals surface area contributed by atoms with Crippen LogP contribution < -0.4 is 0 Å². The number of rotatable bonds is 2. The lowest BCUT2D eigenvalue weighted by molar-refractivity contribution is -0.148. The summed E-state index contributed by atoms with van der Waals surface area (Å²) >= 11 is 1.42. The molecule has 2 atom stereocenters. The van der Waals surface area contributed by atoms with Crippen LogP contribution in [0, 0.1) is 18.3 Å². The van der Waals surface area contributed by atoms with Gasteiger partial charge in [0.1, 0.15) is 5.41 Å². The molecule has 3 heterocycles. The summed E-state index contributed by atoms with van der Waals surface area (Å²) in [5.74, 6) is -1.28. The van der Waals surface area contributed by atoms with Crippen molar-refractivity contribution in [3.63, 3.8) is 0 Å². The molecule has 0 bridgehead atoms. The van der Waals surface area contributed by atoms with Crippen LogP contribution in [0.2, 0.25) is 0 Å². The first-order chi connectivity index (χ1) is 11.2. The maximum atomic E-state index is 12.6. The summed E-state index contributed by atoms with van der Waals surface area (Å²) in [4.78, 5) is 43.1. The van der Waals surface area contributed by atoms with Crippen LogP contribution in [-0.4, -0.2) is 78.0 Å². The maximum absolute atomic E-state index is 12.6. The first-order valence-corrected chi connectivity index (χ1v) is 8.61. The molecule has 1 aromatic heterocycles. The normalized spacial score (nSPS) is 25.7. The number of carboxylic acid groups (broad SMARTS) is 1. The molecule has 2 saturated heterocycles. The van der Waals surface area contributed by atoms with Gasteiger partial charge in [0.2, 0.25) is 0 Å². The highest BCUT2D eigenvalue weighted by Crippen LogP contribution is 2.43. The predicted molar refractivity (Wildman–Crippen MR) is 89.2 cm³/mol. The number of amides is 3. The van der Waals surface area contributed by atoms with Gasteiger partial charge in [0.05, 0.1) is 4.88 Å². The van der Waals surface area contributed by atoms with Gasteiger partial charge in [-0.2, -0.15) is 0 Å². The average molecular weight is 351 g/mol. The number of aryl methyl sites for hydroxylation is 1. The van der Waals surface area contributed by atoms with Gasteiger partial charge in [0, 0.05) is 51.1 Å². The van der Waals surface area contributed by atoms with Crippen molar-refractivity contribution in [1.82, 2.24) is 14.7 Å².